The molecule has 6 heteroatoms. The Labute approximate surface area is 194 Å². The van der Waals surface area contributed by atoms with Crippen molar-refractivity contribution in [2.45, 2.75) is 60.7 Å². The predicted molar refractivity (Wildman–Crippen MR) is 127 cm³/mol. The summed E-state index contributed by atoms with van der Waals surface area (Å²) in [7, 11) is 0. The molecule has 6 nitrogen and oxygen atoms in total. The number of aliphatic hydroxyl groups excluding tert-OH is 2. The Morgan fingerprint density at radius 3 is 1.18 bits per heavy atom. The number of aromatic hydroxyl groups is 4. The number of aliphatic hydroxyl groups is 2. The molecule has 0 aromatic heterocycles. The summed E-state index contributed by atoms with van der Waals surface area (Å²) in [5.41, 5.74) is 7.05. The van der Waals surface area contributed by atoms with Crippen molar-refractivity contribution in [1.82, 2.24) is 0 Å². The van der Waals surface area contributed by atoms with Crippen LogP contribution in [0.25, 0.3) is 0 Å². The van der Waals surface area contributed by atoms with Crippen molar-refractivity contribution in [1.29, 1.82) is 0 Å². The number of phenolic OH excluding ortho intramolecular Hbond substituents is 2. The van der Waals surface area contributed by atoms with Gasteiger partial charge in [-0.15, -0.1) is 0 Å². The van der Waals surface area contributed by atoms with Gasteiger partial charge in [0.25, 0.3) is 0 Å². The smallest absolute Gasteiger partial charge is 0.125 e. The van der Waals surface area contributed by atoms with Crippen molar-refractivity contribution in [3.8, 4) is 23.0 Å². The number of aryl methyl sites for hydroxylation is 2. The van der Waals surface area contributed by atoms with Crippen LogP contribution in [0.2, 0.25) is 0 Å². The summed E-state index contributed by atoms with van der Waals surface area (Å²) in [5, 5.41) is 61.4. The first kappa shape index (κ1) is 24.4. The molecule has 0 aliphatic heterocycles. The van der Waals surface area contributed by atoms with E-state index in [1.54, 1.807) is 26.8 Å². The minimum Gasteiger partial charge on any atom is -0.507 e. The molecule has 0 saturated heterocycles. The van der Waals surface area contributed by atoms with E-state index < -0.39 is 0 Å². The summed E-state index contributed by atoms with van der Waals surface area (Å²) in [4.78, 5) is 0. The Morgan fingerprint density at radius 2 is 0.848 bits per heavy atom. The summed E-state index contributed by atoms with van der Waals surface area (Å²) < 4.78 is 0. The molecule has 0 spiro atoms. The van der Waals surface area contributed by atoms with Crippen LogP contribution in [0, 0.1) is 34.6 Å². The van der Waals surface area contributed by atoms with Gasteiger partial charge in [0.15, 0.2) is 0 Å². The van der Waals surface area contributed by atoms with Crippen LogP contribution >= 0.6 is 0 Å². The molecule has 0 heterocycles. The van der Waals surface area contributed by atoms with Crippen LogP contribution in [0.1, 0.15) is 61.2 Å². The molecule has 0 saturated carbocycles. The van der Waals surface area contributed by atoms with E-state index in [9.17, 15) is 30.6 Å². The lowest BCUT2D eigenvalue weighted by Gasteiger charge is -2.19. The van der Waals surface area contributed by atoms with Crippen molar-refractivity contribution in [2.24, 2.45) is 0 Å². The highest BCUT2D eigenvalue weighted by molar-refractivity contribution is 5.58. The molecule has 3 aromatic rings. The molecular formula is C27H32O6. The van der Waals surface area contributed by atoms with Gasteiger partial charge in [-0.3, -0.25) is 0 Å². The molecule has 6 N–H and O–H groups in total. The van der Waals surface area contributed by atoms with Gasteiger partial charge in [-0.25, -0.2) is 0 Å². The van der Waals surface area contributed by atoms with Gasteiger partial charge in [0.1, 0.15) is 23.0 Å². The second-order valence-electron chi connectivity index (χ2n) is 8.80. The van der Waals surface area contributed by atoms with Gasteiger partial charge in [-0.2, -0.15) is 0 Å². The van der Waals surface area contributed by atoms with E-state index in [-0.39, 0.29) is 36.2 Å². The lowest BCUT2D eigenvalue weighted by Crippen LogP contribution is -2.03. The first-order chi connectivity index (χ1) is 15.5. The molecule has 176 valence electrons. The number of benzene rings is 3. The molecule has 0 amide bonds. The van der Waals surface area contributed by atoms with Crippen LogP contribution in [0.3, 0.4) is 0 Å². The van der Waals surface area contributed by atoms with E-state index in [0.717, 1.165) is 22.3 Å². The van der Waals surface area contributed by atoms with E-state index in [1.807, 2.05) is 26.0 Å². The lowest BCUT2D eigenvalue weighted by molar-refractivity contribution is 0.274. The van der Waals surface area contributed by atoms with Gasteiger partial charge >= 0.3 is 0 Å². The van der Waals surface area contributed by atoms with Crippen LogP contribution in [-0.2, 0) is 26.1 Å². The Hall–Kier alpha value is -3.22. The summed E-state index contributed by atoms with van der Waals surface area (Å²) in [6.07, 6.45) is 0.713. The maximum Gasteiger partial charge on any atom is 0.125 e. The number of hydrogen-bond acceptors (Lipinski definition) is 6. The SMILES string of the molecule is Cc1cc(Cc2cc(Cc3cc(C)c(O)c(CO)c3C)c(O)c(C)c2O)c(C)c(CO)c1O. The zero-order chi connectivity index (χ0) is 24.6. The first-order valence-corrected chi connectivity index (χ1v) is 10.9. The molecule has 33 heavy (non-hydrogen) atoms. The lowest BCUT2D eigenvalue weighted by atomic mass is 9.89. The van der Waals surface area contributed by atoms with Crippen LogP contribution < -0.4 is 0 Å². The highest BCUT2D eigenvalue weighted by Gasteiger charge is 2.20. The number of phenols is 4. The van der Waals surface area contributed by atoms with Crippen LogP contribution in [0.5, 0.6) is 23.0 Å². The van der Waals surface area contributed by atoms with Gasteiger partial charge in [0, 0.05) is 29.5 Å². The van der Waals surface area contributed by atoms with Gasteiger partial charge in [0.05, 0.1) is 13.2 Å². The average molecular weight is 453 g/mol. The maximum atomic E-state index is 10.8. The van der Waals surface area contributed by atoms with Gasteiger partial charge in [0.2, 0.25) is 0 Å². The second-order valence-corrected chi connectivity index (χ2v) is 8.80. The van der Waals surface area contributed by atoms with Crippen LogP contribution in [0.15, 0.2) is 18.2 Å². The zero-order valence-corrected chi connectivity index (χ0v) is 19.7. The fourth-order valence-electron chi connectivity index (χ4n) is 4.47. The molecule has 0 radical (unpaired) electrons. The van der Waals surface area contributed by atoms with Crippen molar-refractivity contribution < 1.29 is 30.6 Å². The fraction of sp³-hybridized carbons (Fsp3) is 0.333. The van der Waals surface area contributed by atoms with E-state index in [1.165, 1.54) is 0 Å². The molecule has 0 atom stereocenters. The quantitative estimate of drug-likeness (QED) is 0.333. The molecule has 0 bridgehead atoms. The van der Waals surface area contributed by atoms with Crippen molar-refractivity contribution in [3.63, 3.8) is 0 Å². The average Bonchev–Trinajstić information content (AvgIpc) is 2.78. The molecule has 0 fully saturated rings. The predicted octanol–water partition coefficient (Wildman–Crippen LogP) is 4.22. The summed E-state index contributed by atoms with van der Waals surface area (Å²) in [5.74, 6) is 0.148. The zero-order valence-electron chi connectivity index (χ0n) is 19.7. The molecule has 3 rings (SSSR count). The Balaban J connectivity index is 2.10. The van der Waals surface area contributed by atoms with Gasteiger partial charge < -0.3 is 30.6 Å². The number of hydrogen-bond donors (Lipinski definition) is 6. The largest absolute Gasteiger partial charge is 0.507 e. The van der Waals surface area contributed by atoms with Crippen molar-refractivity contribution in [2.75, 3.05) is 0 Å². The van der Waals surface area contributed by atoms with Crippen LogP contribution in [0.4, 0.5) is 0 Å². The van der Waals surface area contributed by atoms with Gasteiger partial charge in [-0.05, 0) is 85.2 Å². The topological polar surface area (TPSA) is 121 Å². The Kier molecular flexibility index (Phi) is 6.91. The maximum absolute atomic E-state index is 10.8. The minimum atomic E-state index is -0.287. The highest BCUT2D eigenvalue weighted by atomic mass is 16.3. The molecular weight excluding hydrogens is 420 g/mol. The molecule has 0 aliphatic carbocycles. The third-order valence-electron chi connectivity index (χ3n) is 6.71. The normalized spacial score (nSPS) is 11.2. The second kappa shape index (κ2) is 9.33. The Bertz CT molecular complexity index is 1130. The minimum absolute atomic E-state index is 0.00147. The van der Waals surface area contributed by atoms with Crippen molar-refractivity contribution >= 4 is 0 Å². The van der Waals surface area contributed by atoms with Crippen LogP contribution in [-0.4, -0.2) is 30.6 Å². The Morgan fingerprint density at radius 1 is 0.485 bits per heavy atom. The molecule has 0 unspecified atom stereocenters. The standard InChI is InChI=1S/C27H32O6/c1-13-6-18(15(3)22(11-28)24(13)30)8-20-10-21(27(33)17(5)26(20)32)9-19-7-14(2)25(31)23(12-29)16(19)4/h6-7,10,28-33H,8-9,11-12H2,1-5H3. The third-order valence-corrected chi connectivity index (χ3v) is 6.71. The van der Waals surface area contributed by atoms with E-state index in [4.69, 9.17) is 0 Å². The number of rotatable bonds is 6. The molecule has 0 aliphatic rings. The summed E-state index contributed by atoms with van der Waals surface area (Å²) >= 11 is 0. The van der Waals surface area contributed by atoms with Crippen molar-refractivity contribution in [3.05, 3.63) is 79.4 Å². The monoisotopic (exact) mass is 452 g/mol. The first-order valence-electron chi connectivity index (χ1n) is 10.9. The summed E-state index contributed by atoms with van der Waals surface area (Å²) in [6.45, 7) is 8.25. The van der Waals surface area contributed by atoms with Gasteiger partial charge in [-0.1, -0.05) is 12.1 Å². The highest BCUT2D eigenvalue weighted by Crippen LogP contribution is 2.38. The third kappa shape index (κ3) is 4.36. The van der Waals surface area contributed by atoms with E-state index in [0.29, 0.717) is 51.8 Å². The fourth-order valence-corrected chi connectivity index (χ4v) is 4.47. The van der Waals surface area contributed by atoms with E-state index in [2.05, 4.69) is 0 Å². The molecule has 3 aromatic carbocycles. The van der Waals surface area contributed by atoms with E-state index >= 15 is 0 Å². The summed E-state index contributed by atoms with van der Waals surface area (Å²) in [6, 6.07) is 5.44.